The van der Waals surface area contributed by atoms with Crippen molar-refractivity contribution in [1.29, 1.82) is 0 Å². The van der Waals surface area contributed by atoms with Gasteiger partial charge in [0.25, 0.3) is 0 Å². The Bertz CT molecular complexity index is 1090. The number of urea groups is 1. The van der Waals surface area contributed by atoms with Gasteiger partial charge >= 0.3 is 12.0 Å². The summed E-state index contributed by atoms with van der Waals surface area (Å²) < 4.78 is 0.782. The van der Waals surface area contributed by atoms with Gasteiger partial charge in [0.1, 0.15) is 0 Å². The first-order valence-electron chi connectivity index (χ1n) is 11.4. The van der Waals surface area contributed by atoms with Gasteiger partial charge in [-0.3, -0.25) is 10.1 Å². The van der Waals surface area contributed by atoms with Crippen LogP contribution in [-0.4, -0.2) is 50.3 Å². The Kier molecular flexibility index (Phi) is 7.93. The van der Waals surface area contributed by atoms with Crippen molar-refractivity contribution in [1.82, 2.24) is 14.9 Å². The van der Waals surface area contributed by atoms with Crippen LogP contribution < -0.4 is 5.32 Å². The van der Waals surface area contributed by atoms with Gasteiger partial charge in [0.15, 0.2) is 5.13 Å². The third-order valence-corrected chi connectivity index (χ3v) is 8.34. The van der Waals surface area contributed by atoms with Crippen LogP contribution in [0.4, 0.5) is 9.93 Å². The molecule has 0 spiro atoms. The second-order valence-corrected chi connectivity index (χ2v) is 11.0. The molecular weight excluding hydrogens is 456 g/mol. The maximum absolute atomic E-state index is 13.2. The molecule has 2 heterocycles. The van der Waals surface area contributed by atoms with Crippen LogP contribution in [0.5, 0.6) is 0 Å². The predicted molar refractivity (Wildman–Crippen MR) is 134 cm³/mol. The second-order valence-electron chi connectivity index (χ2n) is 8.67. The van der Waals surface area contributed by atoms with Crippen molar-refractivity contribution in [2.24, 2.45) is 5.92 Å². The summed E-state index contributed by atoms with van der Waals surface area (Å²) in [6.45, 7) is 2.97. The van der Waals surface area contributed by atoms with Gasteiger partial charge in [-0.2, -0.15) is 0 Å². The Balaban J connectivity index is 1.39. The van der Waals surface area contributed by atoms with E-state index in [4.69, 9.17) is 5.11 Å². The number of aromatic nitrogens is 2. The number of carbonyl (C=O) groups is 2. The molecule has 3 aromatic rings. The Morgan fingerprint density at radius 2 is 2.06 bits per heavy atom. The molecule has 9 heteroatoms. The number of benzene rings is 1. The van der Waals surface area contributed by atoms with Crippen LogP contribution in [0, 0.1) is 5.92 Å². The molecule has 7 nitrogen and oxygen atoms in total. The molecule has 1 fully saturated rings. The number of aryl methyl sites for hydroxylation is 1. The normalized spacial score (nSPS) is 18.3. The molecule has 2 amide bonds. The van der Waals surface area contributed by atoms with E-state index in [-0.39, 0.29) is 17.8 Å². The molecule has 0 unspecified atom stereocenters. The Morgan fingerprint density at radius 3 is 2.85 bits per heavy atom. The molecule has 3 N–H and O–H groups in total. The van der Waals surface area contributed by atoms with E-state index >= 15 is 0 Å². The van der Waals surface area contributed by atoms with Gasteiger partial charge in [-0.15, -0.1) is 11.8 Å². The third-order valence-electron chi connectivity index (χ3n) is 6.24. The first-order chi connectivity index (χ1) is 16.0. The Morgan fingerprint density at radius 1 is 1.27 bits per heavy atom. The number of anilines is 1. The number of aliphatic carboxylic acids is 1. The summed E-state index contributed by atoms with van der Waals surface area (Å²) in [4.78, 5) is 33.6. The number of carboxylic acid groups (broad SMARTS) is 1. The highest BCUT2D eigenvalue weighted by atomic mass is 32.2. The maximum Gasteiger partial charge on any atom is 0.323 e. The number of thiazole rings is 1. The second kappa shape index (κ2) is 11.1. The first-order valence-corrected chi connectivity index (χ1v) is 13.2. The van der Waals surface area contributed by atoms with Crippen molar-refractivity contribution in [3.8, 4) is 0 Å². The summed E-state index contributed by atoms with van der Waals surface area (Å²) in [6.07, 6.45) is 9.83. The lowest BCUT2D eigenvalue weighted by Crippen LogP contribution is -2.45. The Hall–Kier alpha value is -2.52. The number of thioether (sulfide) groups is 1. The van der Waals surface area contributed by atoms with Crippen molar-refractivity contribution >= 4 is 51.1 Å². The number of hydrogen-bond acceptors (Lipinski definition) is 5. The van der Waals surface area contributed by atoms with Gasteiger partial charge in [0.05, 0.1) is 16.2 Å². The zero-order chi connectivity index (χ0) is 23.2. The van der Waals surface area contributed by atoms with Crippen LogP contribution in [0.3, 0.4) is 0 Å². The van der Waals surface area contributed by atoms with Gasteiger partial charge in [-0.1, -0.05) is 36.5 Å². The first kappa shape index (κ1) is 23.6. The minimum absolute atomic E-state index is 0.0181. The van der Waals surface area contributed by atoms with Gasteiger partial charge in [0, 0.05) is 29.7 Å². The standard InChI is InChI=1S/C24H30N4O3S2/c1-16-8-10-18(11-9-16)28(12-4-5-17-13-25-20-7-3-2-6-19(17)20)24(31)27-23-26-14-22(33-23)32-15-21(29)30/h2-3,6-7,13-14,16,18,25H,4-5,8-12,15H2,1H3,(H,29,30)(H,26,27,31)/t16-,18-. The largest absolute Gasteiger partial charge is 0.481 e. The average molecular weight is 487 g/mol. The summed E-state index contributed by atoms with van der Waals surface area (Å²) >= 11 is 2.53. The van der Waals surface area contributed by atoms with Crippen LogP contribution in [-0.2, 0) is 11.2 Å². The van der Waals surface area contributed by atoms with Crippen LogP contribution in [0.15, 0.2) is 40.9 Å². The molecule has 0 aliphatic heterocycles. The zero-order valence-electron chi connectivity index (χ0n) is 18.8. The molecule has 176 valence electrons. The molecular formula is C24H30N4O3S2. The lowest BCUT2D eigenvalue weighted by atomic mass is 9.86. The molecule has 4 rings (SSSR count). The molecule has 0 saturated heterocycles. The SMILES string of the molecule is C[C@H]1CC[C@H](N(CCCc2c[nH]c3ccccc23)C(=O)Nc2ncc(SCC(=O)O)s2)CC1. The average Bonchev–Trinajstić information content (AvgIpc) is 3.43. The number of nitrogens with one attached hydrogen (secondary N) is 2. The summed E-state index contributed by atoms with van der Waals surface area (Å²) in [5.41, 5.74) is 2.42. The fourth-order valence-electron chi connectivity index (χ4n) is 4.46. The van der Waals surface area contributed by atoms with Crippen molar-refractivity contribution in [3.05, 3.63) is 42.2 Å². The van der Waals surface area contributed by atoms with E-state index < -0.39 is 5.97 Å². The quantitative estimate of drug-likeness (QED) is 0.330. The smallest absolute Gasteiger partial charge is 0.323 e. The number of amides is 2. The lowest BCUT2D eigenvalue weighted by Gasteiger charge is -2.36. The number of aromatic amines is 1. The molecule has 0 bridgehead atoms. The van der Waals surface area contributed by atoms with Crippen molar-refractivity contribution < 1.29 is 14.7 Å². The summed E-state index contributed by atoms with van der Waals surface area (Å²) in [7, 11) is 0. The van der Waals surface area contributed by atoms with Gasteiger partial charge in [-0.05, 0) is 56.1 Å². The highest BCUT2D eigenvalue weighted by Gasteiger charge is 2.28. The minimum Gasteiger partial charge on any atom is -0.481 e. The summed E-state index contributed by atoms with van der Waals surface area (Å²) in [6, 6.07) is 8.43. The van der Waals surface area contributed by atoms with Gasteiger partial charge < -0.3 is 15.0 Å². The van der Waals surface area contributed by atoms with E-state index in [9.17, 15) is 9.59 Å². The molecule has 1 saturated carbocycles. The van der Waals surface area contributed by atoms with Crippen LogP contribution in [0.1, 0.15) is 44.6 Å². The van der Waals surface area contributed by atoms with Crippen LogP contribution >= 0.6 is 23.1 Å². The number of nitrogens with zero attached hydrogens (tertiary/aromatic N) is 2. The molecule has 1 aliphatic rings. The molecule has 1 aromatic carbocycles. The lowest BCUT2D eigenvalue weighted by molar-refractivity contribution is -0.133. The zero-order valence-corrected chi connectivity index (χ0v) is 20.4. The topological polar surface area (TPSA) is 98.3 Å². The Labute approximate surface area is 202 Å². The summed E-state index contributed by atoms with van der Waals surface area (Å²) in [5, 5.41) is 13.6. The molecule has 33 heavy (non-hydrogen) atoms. The summed E-state index contributed by atoms with van der Waals surface area (Å²) in [5.74, 6) is -0.174. The van der Waals surface area contributed by atoms with E-state index in [1.807, 2.05) is 11.0 Å². The van der Waals surface area contributed by atoms with Gasteiger partial charge in [0.2, 0.25) is 0 Å². The number of hydrogen-bond donors (Lipinski definition) is 3. The number of fused-ring (bicyclic) bond motifs is 1. The van der Waals surface area contributed by atoms with E-state index in [2.05, 4.69) is 46.6 Å². The highest BCUT2D eigenvalue weighted by molar-refractivity contribution is 8.01. The van der Waals surface area contributed by atoms with E-state index in [1.165, 1.54) is 34.0 Å². The van der Waals surface area contributed by atoms with Crippen LogP contribution in [0.2, 0.25) is 0 Å². The van der Waals surface area contributed by atoms with Crippen molar-refractivity contribution in [3.63, 3.8) is 0 Å². The number of H-pyrrole nitrogens is 1. The third kappa shape index (κ3) is 6.29. The maximum atomic E-state index is 13.2. The number of carbonyl (C=O) groups excluding carboxylic acids is 1. The monoisotopic (exact) mass is 486 g/mol. The fourth-order valence-corrected chi connectivity index (χ4v) is 6.04. The molecule has 1 aliphatic carbocycles. The molecule has 2 aromatic heterocycles. The van der Waals surface area contributed by atoms with E-state index in [0.717, 1.165) is 48.3 Å². The van der Waals surface area contributed by atoms with Gasteiger partial charge in [-0.25, -0.2) is 9.78 Å². The van der Waals surface area contributed by atoms with Crippen molar-refractivity contribution in [2.45, 2.75) is 55.7 Å². The highest BCUT2D eigenvalue weighted by Crippen LogP contribution is 2.30. The number of carboxylic acids is 1. The molecule has 0 atom stereocenters. The fraction of sp³-hybridized carbons (Fsp3) is 0.458. The van der Waals surface area contributed by atoms with Crippen LogP contribution in [0.25, 0.3) is 10.9 Å². The van der Waals surface area contributed by atoms with E-state index in [0.29, 0.717) is 17.6 Å². The van der Waals surface area contributed by atoms with Crippen molar-refractivity contribution in [2.75, 3.05) is 17.6 Å². The number of para-hydroxylation sites is 1. The van der Waals surface area contributed by atoms with E-state index in [1.54, 1.807) is 6.20 Å². The predicted octanol–water partition coefficient (Wildman–Crippen LogP) is 5.85. The molecule has 0 radical (unpaired) electrons. The minimum atomic E-state index is -0.869. The number of rotatable bonds is 9.